The molecule has 0 aliphatic carbocycles. The van der Waals surface area contributed by atoms with Gasteiger partial charge in [0.2, 0.25) is 5.91 Å². The smallest absolute Gasteiger partial charge is 0.227 e. The number of nitrogens with zero attached hydrogens (tertiary/aromatic N) is 3. The van der Waals surface area contributed by atoms with Crippen LogP contribution in [0.5, 0.6) is 0 Å². The number of hydrogen-bond donors (Lipinski definition) is 0. The fourth-order valence-corrected chi connectivity index (χ4v) is 4.55. The van der Waals surface area contributed by atoms with Gasteiger partial charge in [0.25, 0.3) is 0 Å². The quantitative estimate of drug-likeness (QED) is 0.809. The third kappa shape index (κ3) is 4.86. The molecule has 0 saturated carbocycles. The van der Waals surface area contributed by atoms with Gasteiger partial charge in [-0.25, -0.2) is 0 Å². The summed E-state index contributed by atoms with van der Waals surface area (Å²) >= 11 is 0. The molecular formula is C22H35N3O. The third-order valence-corrected chi connectivity index (χ3v) is 6.19. The van der Waals surface area contributed by atoms with E-state index < -0.39 is 0 Å². The van der Waals surface area contributed by atoms with Gasteiger partial charge in [0.05, 0.1) is 5.92 Å². The molecule has 1 aromatic rings. The summed E-state index contributed by atoms with van der Waals surface area (Å²) in [6, 6.07) is 11.6. The lowest BCUT2D eigenvalue weighted by Gasteiger charge is -2.43. The Labute approximate surface area is 159 Å². The Morgan fingerprint density at radius 3 is 2.46 bits per heavy atom. The first kappa shape index (κ1) is 19.4. The summed E-state index contributed by atoms with van der Waals surface area (Å²) in [7, 11) is 1.95. The number of amides is 1. The number of carbonyl (C=O) groups is 1. The highest BCUT2D eigenvalue weighted by Gasteiger charge is 2.33. The molecule has 0 aromatic heterocycles. The molecule has 0 radical (unpaired) electrons. The second kappa shape index (κ2) is 9.01. The molecule has 1 aromatic carbocycles. The van der Waals surface area contributed by atoms with E-state index in [0.717, 1.165) is 19.4 Å². The molecule has 2 aliphatic heterocycles. The second-order valence-corrected chi connectivity index (χ2v) is 8.37. The summed E-state index contributed by atoms with van der Waals surface area (Å²) in [4.78, 5) is 20.1. The minimum absolute atomic E-state index is 0.167. The molecule has 0 unspecified atom stereocenters. The zero-order valence-electron chi connectivity index (χ0n) is 16.7. The van der Waals surface area contributed by atoms with Crippen molar-refractivity contribution < 1.29 is 4.79 Å². The predicted molar refractivity (Wildman–Crippen MR) is 107 cm³/mol. The predicted octanol–water partition coefficient (Wildman–Crippen LogP) is 3.23. The summed E-state index contributed by atoms with van der Waals surface area (Å²) < 4.78 is 0. The van der Waals surface area contributed by atoms with E-state index in [2.05, 4.69) is 35.8 Å². The Morgan fingerprint density at radius 1 is 1.12 bits per heavy atom. The molecule has 1 atom stereocenters. The number of piperidine rings is 2. The number of benzene rings is 1. The Morgan fingerprint density at radius 2 is 1.81 bits per heavy atom. The van der Waals surface area contributed by atoms with Crippen molar-refractivity contribution in [2.24, 2.45) is 5.92 Å². The van der Waals surface area contributed by atoms with Gasteiger partial charge in [-0.05, 0) is 64.7 Å². The van der Waals surface area contributed by atoms with E-state index in [4.69, 9.17) is 0 Å². The number of hydrogen-bond acceptors (Lipinski definition) is 3. The number of likely N-dealkylation sites (tertiary alicyclic amines) is 2. The van der Waals surface area contributed by atoms with Crippen LogP contribution >= 0.6 is 0 Å². The van der Waals surface area contributed by atoms with Crippen LogP contribution in [0.25, 0.3) is 0 Å². The monoisotopic (exact) mass is 357 g/mol. The minimum atomic E-state index is 0.167. The third-order valence-electron chi connectivity index (χ3n) is 6.19. The second-order valence-electron chi connectivity index (χ2n) is 8.37. The average molecular weight is 358 g/mol. The highest BCUT2D eigenvalue weighted by atomic mass is 16.2. The van der Waals surface area contributed by atoms with Gasteiger partial charge in [-0.2, -0.15) is 0 Å². The van der Waals surface area contributed by atoms with Crippen LogP contribution in [0.1, 0.15) is 45.1 Å². The van der Waals surface area contributed by atoms with Crippen LogP contribution in [0.3, 0.4) is 0 Å². The van der Waals surface area contributed by atoms with E-state index in [1.165, 1.54) is 38.0 Å². The van der Waals surface area contributed by atoms with Crippen molar-refractivity contribution >= 4 is 5.91 Å². The summed E-state index contributed by atoms with van der Waals surface area (Å²) in [6.07, 6.45) is 4.69. The van der Waals surface area contributed by atoms with Gasteiger partial charge in [0.1, 0.15) is 0 Å². The maximum absolute atomic E-state index is 13.0. The molecule has 2 heterocycles. The lowest BCUT2D eigenvalue weighted by molar-refractivity contribution is -0.137. The van der Waals surface area contributed by atoms with Crippen molar-refractivity contribution in [2.75, 3.05) is 33.2 Å². The van der Waals surface area contributed by atoms with Gasteiger partial charge < -0.3 is 9.80 Å². The van der Waals surface area contributed by atoms with Crippen LogP contribution in [0.15, 0.2) is 30.3 Å². The van der Waals surface area contributed by atoms with Gasteiger partial charge in [-0.15, -0.1) is 0 Å². The highest BCUT2D eigenvalue weighted by Crippen LogP contribution is 2.25. The van der Waals surface area contributed by atoms with E-state index >= 15 is 0 Å². The number of carbonyl (C=O) groups excluding carboxylic acids is 1. The first-order chi connectivity index (χ1) is 12.5. The standard InChI is InChI=1S/C22H35N3O/c1-18(2)24-14-11-21(12-15-24)25-13-7-10-20(17-25)22(26)23(3)16-19-8-5-4-6-9-19/h4-6,8-9,18,20-21H,7,10-17H2,1-3H3/t20-/m0/s1. The van der Waals surface area contributed by atoms with Crippen LogP contribution in [0.4, 0.5) is 0 Å². The summed E-state index contributed by atoms with van der Waals surface area (Å²) in [5.41, 5.74) is 1.21. The molecule has 1 amide bonds. The number of rotatable bonds is 5. The molecule has 3 rings (SSSR count). The Hall–Kier alpha value is -1.39. The maximum atomic E-state index is 13.0. The van der Waals surface area contributed by atoms with E-state index in [9.17, 15) is 4.79 Å². The Balaban J connectivity index is 1.52. The summed E-state index contributed by atoms with van der Waals surface area (Å²) in [5, 5.41) is 0. The van der Waals surface area contributed by atoms with Crippen LogP contribution in [0.2, 0.25) is 0 Å². The minimum Gasteiger partial charge on any atom is -0.341 e. The van der Waals surface area contributed by atoms with Crippen LogP contribution < -0.4 is 0 Å². The summed E-state index contributed by atoms with van der Waals surface area (Å²) in [6.45, 7) is 9.81. The molecule has 4 nitrogen and oxygen atoms in total. The Bertz CT molecular complexity index is 566. The lowest BCUT2D eigenvalue weighted by atomic mass is 9.92. The molecule has 4 heteroatoms. The molecule has 0 N–H and O–H groups in total. The van der Waals surface area contributed by atoms with E-state index in [1.54, 1.807) is 0 Å². The molecule has 2 fully saturated rings. The molecule has 2 aliphatic rings. The molecule has 0 spiro atoms. The SMILES string of the molecule is CC(C)N1CCC(N2CCC[C@H](C(=O)N(C)Cc3ccccc3)C2)CC1. The zero-order chi connectivity index (χ0) is 18.5. The summed E-state index contributed by atoms with van der Waals surface area (Å²) in [5.74, 6) is 0.485. The fraction of sp³-hybridized carbons (Fsp3) is 0.682. The van der Waals surface area contributed by atoms with E-state index in [0.29, 0.717) is 24.5 Å². The van der Waals surface area contributed by atoms with Crippen LogP contribution in [-0.4, -0.2) is 65.9 Å². The van der Waals surface area contributed by atoms with Crippen LogP contribution in [0, 0.1) is 5.92 Å². The van der Waals surface area contributed by atoms with Crippen LogP contribution in [-0.2, 0) is 11.3 Å². The topological polar surface area (TPSA) is 26.8 Å². The van der Waals surface area contributed by atoms with Crippen molar-refractivity contribution in [3.8, 4) is 0 Å². The van der Waals surface area contributed by atoms with Crippen molar-refractivity contribution in [3.05, 3.63) is 35.9 Å². The molecule has 0 bridgehead atoms. The normalized spacial score (nSPS) is 23.3. The van der Waals surface area contributed by atoms with E-state index in [-0.39, 0.29) is 5.92 Å². The average Bonchev–Trinajstić information content (AvgIpc) is 2.68. The molecule has 144 valence electrons. The molecule has 26 heavy (non-hydrogen) atoms. The van der Waals surface area contributed by atoms with Crippen molar-refractivity contribution in [3.63, 3.8) is 0 Å². The fourth-order valence-electron chi connectivity index (χ4n) is 4.55. The molecule has 2 saturated heterocycles. The maximum Gasteiger partial charge on any atom is 0.227 e. The van der Waals surface area contributed by atoms with Gasteiger partial charge in [-0.1, -0.05) is 30.3 Å². The Kier molecular flexibility index (Phi) is 6.71. The highest BCUT2D eigenvalue weighted by molar-refractivity contribution is 5.79. The van der Waals surface area contributed by atoms with Gasteiger partial charge in [-0.3, -0.25) is 9.69 Å². The van der Waals surface area contributed by atoms with Gasteiger partial charge >= 0.3 is 0 Å². The first-order valence-corrected chi connectivity index (χ1v) is 10.3. The van der Waals surface area contributed by atoms with Gasteiger partial charge in [0, 0.05) is 32.2 Å². The van der Waals surface area contributed by atoms with E-state index in [1.807, 2.05) is 30.1 Å². The first-order valence-electron chi connectivity index (χ1n) is 10.3. The molecular weight excluding hydrogens is 322 g/mol. The zero-order valence-corrected chi connectivity index (χ0v) is 16.7. The van der Waals surface area contributed by atoms with Gasteiger partial charge in [0.15, 0.2) is 0 Å². The van der Waals surface area contributed by atoms with Crippen molar-refractivity contribution in [1.82, 2.24) is 14.7 Å². The largest absolute Gasteiger partial charge is 0.341 e. The van der Waals surface area contributed by atoms with Crippen molar-refractivity contribution in [1.29, 1.82) is 0 Å². The van der Waals surface area contributed by atoms with Crippen molar-refractivity contribution in [2.45, 2.75) is 58.2 Å². The lowest BCUT2D eigenvalue weighted by Crippen LogP contribution is -2.51.